The number of benzene rings is 2. The quantitative estimate of drug-likeness (QED) is 0.476. The molecule has 1 aliphatic heterocycles. The summed E-state index contributed by atoms with van der Waals surface area (Å²) in [5.74, 6) is -0.0188. The summed E-state index contributed by atoms with van der Waals surface area (Å²) in [4.78, 5) is 32.4. The Morgan fingerprint density at radius 3 is 2.82 bits per heavy atom. The number of carbonyl (C=O) groups is 2. The number of rotatable bonds is 6. The van der Waals surface area contributed by atoms with Gasteiger partial charge in [0, 0.05) is 21.7 Å². The minimum Gasteiger partial charge on any atom is -0.479 e. The molecular formula is C25H26ClN3O3S. The van der Waals surface area contributed by atoms with Crippen molar-refractivity contribution in [3.63, 3.8) is 0 Å². The van der Waals surface area contributed by atoms with Crippen molar-refractivity contribution < 1.29 is 14.3 Å². The summed E-state index contributed by atoms with van der Waals surface area (Å²) in [6, 6.07) is 10.2. The number of carbonyl (C=O) groups excluding carboxylic acids is 2. The number of nitrogens with one attached hydrogen (secondary N) is 1. The highest BCUT2D eigenvalue weighted by Gasteiger charge is 2.37. The zero-order chi connectivity index (χ0) is 23.7. The highest BCUT2D eigenvalue weighted by Crippen LogP contribution is 2.39. The number of amides is 2. The molecule has 2 heterocycles. The number of ether oxygens (including phenoxy) is 1. The van der Waals surface area contributed by atoms with E-state index < -0.39 is 12.1 Å². The van der Waals surface area contributed by atoms with Gasteiger partial charge in [-0.2, -0.15) is 0 Å². The van der Waals surface area contributed by atoms with E-state index in [0.717, 1.165) is 34.7 Å². The van der Waals surface area contributed by atoms with Gasteiger partial charge in [-0.25, -0.2) is 4.98 Å². The predicted octanol–water partition coefficient (Wildman–Crippen LogP) is 5.87. The molecule has 0 fully saturated rings. The average molecular weight is 484 g/mol. The maximum absolute atomic E-state index is 13.1. The first kappa shape index (κ1) is 23.3. The van der Waals surface area contributed by atoms with E-state index in [1.54, 1.807) is 37.3 Å². The molecule has 0 spiro atoms. The van der Waals surface area contributed by atoms with Crippen LogP contribution in [0.15, 0.2) is 41.8 Å². The topological polar surface area (TPSA) is 71.5 Å². The van der Waals surface area contributed by atoms with Crippen LogP contribution in [0.4, 0.5) is 11.4 Å². The van der Waals surface area contributed by atoms with E-state index in [0.29, 0.717) is 22.1 Å². The molecule has 2 unspecified atom stereocenters. The molecule has 0 saturated carbocycles. The lowest BCUT2D eigenvalue weighted by atomic mass is 10.1. The highest BCUT2D eigenvalue weighted by atomic mass is 35.5. The Morgan fingerprint density at radius 1 is 1.30 bits per heavy atom. The van der Waals surface area contributed by atoms with Crippen LogP contribution in [0.1, 0.15) is 37.8 Å². The minimum atomic E-state index is -0.760. The van der Waals surface area contributed by atoms with Crippen molar-refractivity contribution in [1.82, 2.24) is 4.98 Å². The molecule has 0 aliphatic carbocycles. The summed E-state index contributed by atoms with van der Waals surface area (Å²) < 4.78 is 5.83. The summed E-state index contributed by atoms with van der Waals surface area (Å²) in [6.07, 6.45) is 1.27. The fraction of sp³-hybridized carbons (Fsp3) is 0.320. The number of fused-ring (bicyclic) bond motifs is 1. The molecule has 4 rings (SSSR count). The molecule has 172 valence electrons. The maximum atomic E-state index is 13.1. The van der Waals surface area contributed by atoms with Crippen LogP contribution < -0.4 is 15.0 Å². The van der Waals surface area contributed by atoms with Crippen LogP contribution in [0.25, 0.3) is 11.3 Å². The Bertz CT molecular complexity index is 1210. The van der Waals surface area contributed by atoms with E-state index in [2.05, 4.69) is 12.2 Å². The summed E-state index contributed by atoms with van der Waals surface area (Å²) >= 11 is 7.82. The number of thiazole rings is 1. The van der Waals surface area contributed by atoms with Gasteiger partial charge in [-0.05, 0) is 69.5 Å². The smallest absolute Gasteiger partial charge is 0.268 e. The van der Waals surface area contributed by atoms with Gasteiger partial charge in [0.1, 0.15) is 11.8 Å². The molecule has 2 atom stereocenters. The van der Waals surface area contributed by atoms with Crippen LogP contribution in [-0.4, -0.2) is 28.9 Å². The molecular weight excluding hydrogens is 458 g/mol. The molecule has 3 aromatic rings. The number of halogens is 1. The SMILES string of the molecule is CCCc1nc(-c2ccc3c(c2)N(C(C)C(=O)Nc2ccc(C)c(Cl)c2)C(=O)C(C)O3)cs1. The van der Waals surface area contributed by atoms with E-state index in [9.17, 15) is 9.59 Å². The first-order valence-electron chi connectivity index (χ1n) is 10.9. The fourth-order valence-electron chi connectivity index (χ4n) is 3.73. The lowest BCUT2D eigenvalue weighted by Gasteiger charge is -2.36. The molecule has 6 nitrogen and oxygen atoms in total. The van der Waals surface area contributed by atoms with Crippen molar-refractivity contribution in [2.75, 3.05) is 10.2 Å². The van der Waals surface area contributed by atoms with Gasteiger partial charge in [-0.15, -0.1) is 11.3 Å². The average Bonchev–Trinajstić information content (AvgIpc) is 3.25. The first-order valence-corrected chi connectivity index (χ1v) is 12.2. The molecule has 1 aliphatic rings. The summed E-state index contributed by atoms with van der Waals surface area (Å²) in [7, 11) is 0. The summed E-state index contributed by atoms with van der Waals surface area (Å²) in [6.45, 7) is 7.42. The van der Waals surface area contributed by atoms with Crippen LogP contribution in [0.2, 0.25) is 5.02 Å². The number of aromatic nitrogens is 1. The molecule has 1 aromatic heterocycles. The van der Waals surface area contributed by atoms with Crippen LogP contribution in [-0.2, 0) is 16.0 Å². The zero-order valence-electron chi connectivity index (χ0n) is 19.0. The molecule has 8 heteroatoms. The fourth-order valence-corrected chi connectivity index (χ4v) is 4.82. The first-order chi connectivity index (χ1) is 15.8. The summed E-state index contributed by atoms with van der Waals surface area (Å²) in [5.41, 5.74) is 3.79. The maximum Gasteiger partial charge on any atom is 0.268 e. The van der Waals surface area contributed by atoms with Crippen LogP contribution >= 0.6 is 22.9 Å². The van der Waals surface area contributed by atoms with E-state index in [1.807, 2.05) is 36.6 Å². The van der Waals surface area contributed by atoms with Gasteiger partial charge in [0.2, 0.25) is 5.91 Å². The van der Waals surface area contributed by atoms with Crippen LogP contribution in [0.3, 0.4) is 0 Å². The molecule has 2 amide bonds. The van der Waals surface area contributed by atoms with Crippen molar-refractivity contribution in [1.29, 1.82) is 0 Å². The van der Waals surface area contributed by atoms with Crippen LogP contribution in [0, 0.1) is 6.92 Å². The number of hydrogen-bond donors (Lipinski definition) is 1. The second-order valence-electron chi connectivity index (χ2n) is 8.16. The number of hydrogen-bond acceptors (Lipinski definition) is 5. The zero-order valence-corrected chi connectivity index (χ0v) is 20.6. The molecule has 1 N–H and O–H groups in total. The standard InChI is InChI=1S/C25H26ClN3O3S/c1-5-6-23-28-20(13-33-23)17-8-10-22-21(11-17)29(25(31)16(4)32-22)15(3)24(30)27-18-9-7-14(2)19(26)12-18/h7-13,15-16H,5-6H2,1-4H3,(H,27,30). The predicted molar refractivity (Wildman–Crippen MR) is 133 cm³/mol. The largest absolute Gasteiger partial charge is 0.479 e. The lowest BCUT2D eigenvalue weighted by Crippen LogP contribution is -2.52. The van der Waals surface area contributed by atoms with Gasteiger partial charge in [-0.3, -0.25) is 14.5 Å². The van der Waals surface area contributed by atoms with Gasteiger partial charge >= 0.3 is 0 Å². The van der Waals surface area contributed by atoms with Crippen molar-refractivity contribution in [3.05, 3.63) is 57.4 Å². The molecule has 0 radical (unpaired) electrons. The highest BCUT2D eigenvalue weighted by molar-refractivity contribution is 7.09. The number of nitrogens with zero attached hydrogens (tertiary/aromatic N) is 2. The van der Waals surface area contributed by atoms with Crippen LogP contribution in [0.5, 0.6) is 5.75 Å². The van der Waals surface area contributed by atoms with Gasteiger partial charge in [0.25, 0.3) is 5.91 Å². The van der Waals surface area contributed by atoms with E-state index in [4.69, 9.17) is 21.3 Å². The van der Waals surface area contributed by atoms with Gasteiger partial charge in [-0.1, -0.05) is 24.6 Å². The Labute approximate surface area is 202 Å². The summed E-state index contributed by atoms with van der Waals surface area (Å²) in [5, 5.41) is 6.53. The van der Waals surface area contributed by atoms with Gasteiger partial charge in [0.05, 0.1) is 16.4 Å². The Morgan fingerprint density at radius 2 is 2.09 bits per heavy atom. The van der Waals surface area contributed by atoms with Crippen molar-refractivity contribution in [2.24, 2.45) is 0 Å². The van der Waals surface area contributed by atoms with Crippen molar-refractivity contribution in [2.45, 2.75) is 52.7 Å². The van der Waals surface area contributed by atoms with Crippen molar-refractivity contribution in [3.8, 4) is 17.0 Å². The Balaban J connectivity index is 1.65. The molecule has 33 heavy (non-hydrogen) atoms. The molecule has 2 aromatic carbocycles. The van der Waals surface area contributed by atoms with E-state index >= 15 is 0 Å². The Kier molecular flexibility index (Phi) is 6.72. The lowest BCUT2D eigenvalue weighted by molar-refractivity contribution is -0.128. The normalized spacial score (nSPS) is 16.2. The van der Waals surface area contributed by atoms with Gasteiger partial charge < -0.3 is 10.1 Å². The second kappa shape index (κ2) is 9.53. The molecule has 0 bridgehead atoms. The monoisotopic (exact) mass is 483 g/mol. The van der Waals surface area contributed by atoms with Crippen molar-refractivity contribution >= 4 is 46.1 Å². The molecule has 0 saturated heterocycles. The third kappa shape index (κ3) is 4.75. The second-order valence-corrected chi connectivity index (χ2v) is 9.51. The minimum absolute atomic E-state index is 0.269. The third-order valence-electron chi connectivity index (χ3n) is 5.62. The van der Waals surface area contributed by atoms with E-state index in [-0.39, 0.29) is 11.8 Å². The van der Waals surface area contributed by atoms with Gasteiger partial charge in [0.15, 0.2) is 6.10 Å². The Hall–Kier alpha value is -2.90. The third-order valence-corrected chi connectivity index (χ3v) is 6.94. The van der Waals surface area contributed by atoms with E-state index in [1.165, 1.54) is 4.90 Å². The number of aryl methyl sites for hydroxylation is 2. The number of anilines is 2.